The molecule has 0 amide bonds. The van der Waals surface area contributed by atoms with Crippen LogP contribution < -0.4 is 5.32 Å². The average Bonchev–Trinajstić information content (AvgIpc) is 2.95. The SMILES string of the molecule is CN(C)Cc1nnc(Nc2nc3ccc(Cl)cc3o2)o1. The number of rotatable bonds is 4. The monoisotopic (exact) mass is 293 g/mol. The molecule has 104 valence electrons. The van der Waals surface area contributed by atoms with Crippen molar-refractivity contribution in [2.24, 2.45) is 0 Å². The quantitative estimate of drug-likeness (QED) is 0.792. The van der Waals surface area contributed by atoms with E-state index in [9.17, 15) is 0 Å². The predicted octanol–water partition coefficient (Wildman–Crippen LogP) is 2.67. The molecule has 0 aliphatic carbocycles. The second-order valence-electron chi connectivity index (χ2n) is 4.49. The Hall–Kier alpha value is -2.12. The number of fused-ring (bicyclic) bond motifs is 1. The van der Waals surface area contributed by atoms with E-state index in [0.717, 1.165) is 0 Å². The Morgan fingerprint density at radius 1 is 1.20 bits per heavy atom. The Bertz CT molecular complexity index is 736. The van der Waals surface area contributed by atoms with Gasteiger partial charge in [0.15, 0.2) is 5.58 Å². The van der Waals surface area contributed by atoms with Crippen molar-refractivity contribution >= 4 is 34.7 Å². The van der Waals surface area contributed by atoms with Gasteiger partial charge >= 0.3 is 12.0 Å². The van der Waals surface area contributed by atoms with Crippen LogP contribution in [0.25, 0.3) is 11.1 Å². The van der Waals surface area contributed by atoms with Gasteiger partial charge in [-0.1, -0.05) is 16.7 Å². The third-order valence-corrected chi connectivity index (χ3v) is 2.72. The van der Waals surface area contributed by atoms with Crippen LogP contribution in [0.1, 0.15) is 5.89 Å². The highest BCUT2D eigenvalue weighted by molar-refractivity contribution is 6.31. The largest absolute Gasteiger partial charge is 0.423 e. The smallest absolute Gasteiger partial charge is 0.323 e. The van der Waals surface area contributed by atoms with Gasteiger partial charge in [0.1, 0.15) is 5.52 Å². The average molecular weight is 294 g/mol. The highest BCUT2D eigenvalue weighted by Gasteiger charge is 2.11. The highest BCUT2D eigenvalue weighted by Crippen LogP contribution is 2.24. The number of hydrogen-bond donors (Lipinski definition) is 1. The molecule has 0 unspecified atom stereocenters. The lowest BCUT2D eigenvalue weighted by Crippen LogP contribution is -2.10. The molecule has 0 fully saturated rings. The minimum Gasteiger partial charge on any atom is -0.423 e. The number of nitrogens with zero attached hydrogens (tertiary/aromatic N) is 4. The first-order chi connectivity index (χ1) is 9.60. The van der Waals surface area contributed by atoms with Gasteiger partial charge in [0.2, 0.25) is 5.89 Å². The topological polar surface area (TPSA) is 80.2 Å². The van der Waals surface area contributed by atoms with Gasteiger partial charge in [-0.15, -0.1) is 5.10 Å². The maximum atomic E-state index is 5.89. The number of nitrogens with one attached hydrogen (secondary N) is 1. The third kappa shape index (κ3) is 2.73. The van der Waals surface area contributed by atoms with E-state index in [1.807, 2.05) is 19.0 Å². The fourth-order valence-corrected chi connectivity index (χ4v) is 1.84. The van der Waals surface area contributed by atoms with Crippen molar-refractivity contribution in [1.82, 2.24) is 20.1 Å². The Balaban J connectivity index is 1.80. The van der Waals surface area contributed by atoms with E-state index in [1.54, 1.807) is 18.2 Å². The number of oxazole rings is 1. The number of halogens is 1. The van der Waals surface area contributed by atoms with E-state index < -0.39 is 0 Å². The summed E-state index contributed by atoms with van der Waals surface area (Å²) in [6.45, 7) is 0.567. The van der Waals surface area contributed by atoms with Crippen LogP contribution in [-0.2, 0) is 6.54 Å². The van der Waals surface area contributed by atoms with Crippen molar-refractivity contribution in [3.8, 4) is 0 Å². The normalized spacial score (nSPS) is 11.4. The number of benzene rings is 1. The van der Waals surface area contributed by atoms with Crippen LogP contribution in [0.2, 0.25) is 5.02 Å². The Morgan fingerprint density at radius 2 is 2.05 bits per heavy atom. The van der Waals surface area contributed by atoms with Gasteiger partial charge < -0.3 is 13.7 Å². The van der Waals surface area contributed by atoms with Gasteiger partial charge in [-0.2, -0.15) is 4.98 Å². The molecule has 1 aromatic carbocycles. The summed E-state index contributed by atoms with van der Waals surface area (Å²) < 4.78 is 10.9. The van der Waals surface area contributed by atoms with Crippen molar-refractivity contribution in [2.45, 2.75) is 6.54 Å². The first kappa shape index (κ1) is 12.9. The zero-order chi connectivity index (χ0) is 14.1. The Labute approximate surface area is 119 Å². The summed E-state index contributed by atoms with van der Waals surface area (Å²) in [6.07, 6.45) is 0. The van der Waals surface area contributed by atoms with Crippen LogP contribution >= 0.6 is 11.6 Å². The predicted molar refractivity (Wildman–Crippen MR) is 74.0 cm³/mol. The molecule has 0 atom stereocenters. The van der Waals surface area contributed by atoms with Crippen LogP contribution in [-0.4, -0.2) is 34.2 Å². The van der Waals surface area contributed by atoms with Crippen LogP contribution in [0.4, 0.5) is 12.0 Å². The summed E-state index contributed by atoms with van der Waals surface area (Å²) in [7, 11) is 3.84. The van der Waals surface area contributed by atoms with E-state index in [0.29, 0.717) is 28.6 Å². The fourth-order valence-electron chi connectivity index (χ4n) is 1.68. The summed E-state index contributed by atoms with van der Waals surface area (Å²) in [5.41, 5.74) is 1.29. The molecule has 20 heavy (non-hydrogen) atoms. The summed E-state index contributed by atoms with van der Waals surface area (Å²) in [5, 5.41) is 11.2. The van der Waals surface area contributed by atoms with Crippen LogP contribution in [0.15, 0.2) is 27.0 Å². The number of anilines is 2. The fraction of sp³-hybridized carbons (Fsp3) is 0.250. The minimum absolute atomic E-state index is 0.236. The summed E-state index contributed by atoms with van der Waals surface area (Å²) in [5.74, 6) is 0.511. The van der Waals surface area contributed by atoms with Gasteiger partial charge in [-0.3, -0.25) is 5.32 Å². The highest BCUT2D eigenvalue weighted by atomic mass is 35.5. The van der Waals surface area contributed by atoms with Crippen molar-refractivity contribution in [3.63, 3.8) is 0 Å². The molecule has 0 saturated carbocycles. The van der Waals surface area contributed by atoms with Gasteiger partial charge in [0, 0.05) is 11.1 Å². The third-order valence-electron chi connectivity index (χ3n) is 2.48. The minimum atomic E-state index is 0.236. The molecule has 0 radical (unpaired) electrons. The van der Waals surface area contributed by atoms with Gasteiger partial charge in [0.25, 0.3) is 0 Å². The van der Waals surface area contributed by atoms with Crippen LogP contribution in [0.3, 0.4) is 0 Å². The first-order valence-electron chi connectivity index (χ1n) is 5.90. The molecule has 0 spiro atoms. The van der Waals surface area contributed by atoms with Gasteiger partial charge in [-0.05, 0) is 26.2 Å². The molecule has 2 heterocycles. The van der Waals surface area contributed by atoms with Crippen molar-refractivity contribution in [1.29, 1.82) is 0 Å². The molecule has 8 heteroatoms. The maximum Gasteiger partial charge on any atom is 0.323 e. The van der Waals surface area contributed by atoms with E-state index in [2.05, 4.69) is 20.5 Å². The summed E-state index contributed by atoms with van der Waals surface area (Å²) in [6, 6.07) is 5.73. The molecule has 0 aliphatic heterocycles. The van der Waals surface area contributed by atoms with Crippen molar-refractivity contribution in [2.75, 3.05) is 19.4 Å². The standard InChI is InChI=1S/C12H12ClN5O2/c1-18(2)6-10-16-17-12(20-10)15-11-14-8-4-3-7(13)5-9(8)19-11/h3-5H,6H2,1-2H3,(H,14,15,17). The molecule has 0 bridgehead atoms. The van der Waals surface area contributed by atoms with Crippen LogP contribution in [0, 0.1) is 0 Å². The molecule has 0 aliphatic rings. The summed E-state index contributed by atoms with van der Waals surface area (Å²) in [4.78, 5) is 6.17. The van der Waals surface area contributed by atoms with E-state index >= 15 is 0 Å². The molecule has 1 N–H and O–H groups in total. The molecule has 7 nitrogen and oxygen atoms in total. The zero-order valence-corrected chi connectivity index (χ0v) is 11.7. The molecule has 2 aromatic heterocycles. The lowest BCUT2D eigenvalue weighted by Gasteiger charge is -2.03. The van der Waals surface area contributed by atoms with Gasteiger partial charge in [0.05, 0.1) is 6.54 Å². The second-order valence-corrected chi connectivity index (χ2v) is 4.93. The van der Waals surface area contributed by atoms with E-state index in [-0.39, 0.29) is 12.0 Å². The lowest BCUT2D eigenvalue weighted by atomic mass is 10.3. The molecule has 0 saturated heterocycles. The van der Waals surface area contributed by atoms with Crippen molar-refractivity contribution in [3.05, 3.63) is 29.1 Å². The Kier molecular flexibility index (Phi) is 3.29. The second kappa shape index (κ2) is 5.10. The summed E-state index contributed by atoms with van der Waals surface area (Å²) >= 11 is 5.89. The zero-order valence-electron chi connectivity index (χ0n) is 10.9. The molecule has 3 rings (SSSR count). The number of hydrogen-bond acceptors (Lipinski definition) is 7. The maximum absolute atomic E-state index is 5.89. The van der Waals surface area contributed by atoms with E-state index in [1.165, 1.54) is 0 Å². The van der Waals surface area contributed by atoms with E-state index in [4.69, 9.17) is 20.4 Å². The number of aromatic nitrogens is 3. The van der Waals surface area contributed by atoms with Crippen molar-refractivity contribution < 1.29 is 8.83 Å². The lowest BCUT2D eigenvalue weighted by molar-refractivity contribution is 0.344. The first-order valence-corrected chi connectivity index (χ1v) is 6.28. The van der Waals surface area contributed by atoms with Gasteiger partial charge in [-0.25, -0.2) is 0 Å². The molecular weight excluding hydrogens is 282 g/mol. The molecular formula is C12H12ClN5O2. The van der Waals surface area contributed by atoms with Crippen LogP contribution in [0.5, 0.6) is 0 Å². The molecule has 3 aromatic rings. The Morgan fingerprint density at radius 3 is 2.85 bits per heavy atom.